The van der Waals surface area contributed by atoms with Gasteiger partial charge in [0, 0.05) is 43.6 Å². The number of carbonyl (C=O) groups is 2. The second kappa shape index (κ2) is 10.6. The number of nitrogens with two attached hydrogens (primary N) is 1. The van der Waals surface area contributed by atoms with Crippen molar-refractivity contribution in [2.75, 3.05) is 0 Å². The van der Waals surface area contributed by atoms with Crippen LogP contribution in [-0.2, 0) is 22.6 Å². The summed E-state index contributed by atoms with van der Waals surface area (Å²) in [5.41, 5.74) is 7.42. The quantitative estimate of drug-likeness (QED) is 0.572. The molecule has 0 aromatic heterocycles. The number of nitrogens with one attached hydrogen (secondary N) is 1. The van der Waals surface area contributed by atoms with Crippen molar-refractivity contribution in [3.63, 3.8) is 0 Å². The van der Waals surface area contributed by atoms with E-state index in [4.69, 9.17) is 5.73 Å². The zero-order valence-corrected chi connectivity index (χ0v) is 19.0. The molecule has 182 valence electrons. The highest BCUT2D eigenvalue weighted by atomic mass is 19.2. The van der Waals surface area contributed by atoms with Crippen LogP contribution in [0.2, 0.25) is 0 Å². The van der Waals surface area contributed by atoms with Crippen LogP contribution < -0.4 is 11.1 Å². The number of benzene rings is 2. The van der Waals surface area contributed by atoms with Gasteiger partial charge in [-0.25, -0.2) is 13.2 Å². The maximum absolute atomic E-state index is 14.0. The van der Waals surface area contributed by atoms with E-state index >= 15 is 0 Å². The van der Waals surface area contributed by atoms with E-state index < -0.39 is 23.5 Å². The van der Waals surface area contributed by atoms with Crippen LogP contribution in [0.15, 0.2) is 42.5 Å². The number of fused-ring (bicyclic) bond motifs is 2. The molecule has 2 aliphatic rings. The summed E-state index contributed by atoms with van der Waals surface area (Å²) in [5.74, 6) is -3.22. The highest BCUT2D eigenvalue weighted by Gasteiger charge is 2.44. The van der Waals surface area contributed by atoms with Gasteiger partial charge in [-0.2, -0.15) is 0 Å². The fourth-order valence-corrected chi connectivity index (χ4v) is 5.35. The molecule has 0 unspecified atom stereocenters. The molecule has 0 radical (unpaired) electrons. The number of piperidine rings is 1. The maximum Gasteiger partial charge on any atom is 0.223 e. The Morgan fingerprint density at radius 3 is 2.29 bits per heavy atom. The molecule has 0 spiro atoms. The first kappa shape index (κ1) is 24.3. The lowest BCUT2D eigenvalue weighted by Gasteiger charge is -2.41. The lowest BCUT2D eigenvalue weighted by atomic mass is 9.82. The fourth-order valence-electron chi connectivity index (χ4n) is 5.35. The molecule has 2 bridgehead atoms. The third-order valence-corrected chi connectivity index (χ3v) is 7.11. The van der Waals surface area contributed by atoms with E-state index in [1.807, 2.05) is 35.2 Å². The number of hydrogen-bond donors (Lipinski definition) is 2. The molecule has 2 heterocycles. The summed E-state index contributed by atoms with van der Waals surface area (Å²) in [5, 5.41) is 2.85. The second-order valence-electron chi connectivity index (χ2n) is 9.41. The molecule has 4 rings (SSSR count). The normalized spacial score (nSPS) is 22.5. The van der Waals surface area contributed by atoms with Gasteiger partial charge >= 0.3 is 0 Å². The first-order valence-corrected chi connectivity index (χ1v) is 11.8. The Labute approximate surface area is 197 Å². The summed E-state index contributed by atoms with van der Waals surface area (Å²) in [6, 6.07) is 10.7. The van der Waals surface area contributed by atoms with Gasteiger partial charge in [-0.3, -0.25) is 9.59 Å². The molecule has 2 fully saturated rings. The Morgan fingerprint density at radius 1 is 0.971 bits per heavy atom. The Bertz CT molecular complexity index is 1020. The predicted molar refractivity (Wildman–Crippen MR) is 122 cm³/mol. The Hall–Kier alpha value is -2.87. The number of halogens is 3. The standard InChI is InChI=1S/C26H30F3N3O2/c27-21-14-23(29)22(28)12-17(21)13-24(30)18-10-19-6-7-20(11-18)32(19)26(34)9-8-25(33)31-15-16-4-2-1-3-5-16/h1-5,12,14,18-20,24H,6-11,13,15,30H2,(H,31,33)/t18-,19-,20+,24-/m1/s1. The highest BCUT2D eigenvalue weighted by molar-refractivity contribution is 5.84. The number of amides is 2. The molecule has 8 heteroatoms. The van der Waals surface area contributed by atoms with Crippen LogP contribution in [0.3, 0.4) is 0 Å². The number of nitrogens with zero attached hydrogens (tertiary/aromatic N) is 1. The largest absolute Gasteiger partial charge is 0.352 e. The van der Waals surface area contributed by atoms with Crippen LogP contribution in [0.5, 0.6) is 0 Å². The zero-order chi connectivity index (χ0) is 24.2. The zero-order valence-electron chi connectivity index (χ0n) is 19.0. The van der Waals surface area contributed by atoms with Crippen molar-refractivity contribution in [1.82, 2.24) is 10.2 Å². The summed E-state index contributed by atoms with van der Waals surface area (Å²) in [7, 11) is 0. The first-order valence-electron chi connectivity index (χ1n) is 11.8. The summed E-state index contributed by atoms with van der Waals surface area (Å²) < 4.78 is 40.8. The first-order chi connectivity index (χ1) is 16.3. The molecule has 2 aliphatic heterocycles. The minimum Gasteiger partial charge on any atom is -0.352 e. The fraction of sp³-hybridized carbons (Fsp3) is 0.462. The molecular weight excluding hydrogens is 443 g/mol. The van der Waals surface area contributed by atoms with Gasteiger partial charge in [0.2, 0.25) is 11.8 Å². The van der Waals surface area contributed by atoms with Gasteiger partial charge < -0.3 is 16.0 Å². The monoisotopic (exact) mass is 473 g/mol. The average Bonchev–Trinajstić information content (AvgIpc) is 3.09. The number of carbonyl (C=O) groups excluding carboxylic acids is 2. The van der Waals surface area contributed by atoms with Crippen molar-refractivity contribution in [1.29, 1.82) is 0 Å². The highest BCUT2D eigenvalue weighted by Crippen LogP contribution is 2.40. The van der Waals surface area contributed by atoms with Crippen LogP contribution in [0, 0.1) is 23.4 Å². The molecular formula is C26H30F3N3O2. The van der Waals surface area contributed by atoms with Crippen LogP contribution in [0.4, 0.5) is 13.2 Å². The van der Waals surface area contributed by atoms with Gasteiger partial charge in [0.05, 0.1) is 0 Å². The SMILES string of the molecule is N[C@H](Cc1cc(F)c(F)cc1F)[C@@H]1C[C@H]2CC[C@@H](C1)N2C(=O)CCC(=O)NCc1ccccc1. The van der Waals surface area contributed by atoms with Gasteiger partial charge in [-0.15, -0.1) is 0 Å². The van der Waals surface area contributed by atoms with Gasteiger partial charge in [0.1, 0.15) is 5.82 Å². The minimum absolute atomic E-state index is 0.0268. The average molecular weight is 474 g/mol. The van der Waals surface area contributed by atoms with Crippen molar-refractivity contribution in [3.8, 4) is 0 Å². The maximum atomic E-state index is 14.0. The molecule has 3 N–H and O–H groups in total. The van der Waals surface area contributed by atoms with Crippen molar-refractivity contribution in [2.45, 2.75) is 69.6 Å². The van der Waals surface area contributed by atoms with Gasteiger partial charge in [-0.1, -0.05) is 30.3 Å². The smallest absolute Gasteiger partial charge is 0.223 e. The van der Waals surface area contributed by atoms with Gasteiger partial charge in [-0.05, 0) is 55.2 Å². The molecule has 2 amide bonds. The molecule has 2 aromatic rings. The van der Waals surface area contributed by atoms with Crippen molar-refractivity contribution in [3.05, 3.63) is 71.0 Å². The van der Waals surface area contributed by atoms with Crippen LogP contribution in [0.25, 0.3) is 0 Å². The molecule has 2 saturated heterocycles. The topological polar surface area (TPSA) is 75.4 Å². The van der Waals surface area contributed by atoms with Crippen molar-refractivity contribution < 1.29 is 22.8 Å². The minimum atomic E-state index is -1.21. The molecule has 34 heavy (non-hydrogen) atoms. The second-order valence-corrected chi connectivity index (χ2v) is 9.41. The summed E-state index contributed by atoms with van der Waals surface area (Å²) >= 11 is 0. The molecule has 5 nitrogen and oxygen atoms in total. The molecule has 0 aliphatic carbocycles. The lowest BCUT2D eigenvalue weighted by Crippen LogP contribution is -2.50. The van der Waals surface area contributed by atoms with E-state index in [9.17, 15) is 22.8 Å². The van der Waals surface area contributed by atoms with E-state index in [0.717, 1.165) is 24.5 Å². The number of rotatable bonds is 8. The summed E-state index contributed by atoms with van der Waals surface area (Å²) in [6.45, 7) is 0.431. The van der Waals surface area contributed by atoms with E-state index in [0.29, 0.717) is 25.5 Å². The predicted octanol–water partition coefficient (Wildman–Crippen LogP) is 3.84. The van der Waals surface area contributed by atoms with E-state index in [1.54, 1.807) is 0 Å². The van der Waals surface area contributed by atoms with E-state index in [1.165, 1.54) is 0 Å². The van der Waals surface area contributed by atoms with Crippen LogP contribution in [-0.4, -0.2) is 34.8 Å². The van der Waals surface area contributed by atoms with Gasteiger partial charge in [0.25, 0.3) is 0 Å². The summed E-state index contributed by atoms with van der Waals surface area (Å²) in [4.78, 5) is 27.0. The van der Waals surface area contributed by atoms with Crippen LogP contribution in [0.1, 0.15) is 49.7 Å². The van der Waals surface area contributed by atoms with Crippen molar-refractivity contribution in [2.24, 2.45) is 11.7 Å². The van der Waals surface area contributed by atoms with Gasteiger partial charge in [0.15, 0.2) is 11.6 Å². The third kappa shape index (κ3) is 5.60. The van der Waals surface area contributed by atoms with Crippen molar-refractivity contribution >= 4 is 11.8 Å². The third-order valence-electron chi connectivity index (χ3n) is 7.11. The molecule has 0 saturated carbocycles. The van der Waals surface area contributed by atoms with E-state index in [-0.39, 0.29) is 54.6 Å². The summed E-state index contributed by atoms with van der Waals surface area (Å²) in [6.07, 6.45) is 3.54. The lowest BCUT2D eigenvalue weighted by molar-refractivity contribution is -0.138. The number of hydrogen-bond acceptors (Lipinski definition) is 3. The molecule has 2 aromatic carbocycles. The molecule has 4 atom stereocenters. The Kier molecular flexibility index (Phi) is 7.56. The van der Waals surface area contributed by atoms with Crippen LogP contribution >= 0.6 is 0 Å². The van der Waals surface area contributed by atoms with E-state index in [2.05, 4.69) is 5.32 Å². The Morgan fingerprint density at radius 2 is 1.62 bits per heavy atom. The Balaban J connectivity index is 1.27.